The van der Waals surface area contributed by atoms with Crippen molar-refractivity contribution in [3.05, 3.63) is 52.9 Å². The molecule has 0 fully saturated rings. The predicted octanol–water partition coefficient (Wildman–Crippen LogP) is 3.28. The number of aliphatic carboxylic acids is 1. The quantitative estimate of drug-likeness (QED) is 0.257. The van der Waals surface area contributed by atoms with Crippen LogP contribution in [0.5, 0.6) is 0 Å². The van der Waals surface area contributed by atoms with Crippen molar-refractivity contribution < 1.29 is 46.9 Å². The number of nitrogens with one attached hydrogen (secondary N) is 1. The maximum absolute atomic E-state index is 10.8. The van der Waals surface area contributed by atoms with Gasteiger partial charge in [-0.05, 0) is 33.4 Å². The molecular weight excluding hydrogens is 618 g/mol. The number of aliphatic hydroxyl groups excluding tert-OH is 1. The molecular formula is C19H26AuCl2N3O5. The number of rotatable bonds is 5. The Hall–Kier alpha value is -1.42. The van der Waals surface area contributed by atoms with Crippen LogP contribution in [0.2, 0.25) is 0 Å². The van der Waals surface area contributed by atoms with Gasteiger partial charge in [-0.3, -0.25) is 4.79 Å². The van der Waals surface area contributed by atoms with Gasteiger partial charge in [-0.25, -0.2) is 4.79 Å². The Labute approximate surface area is 202 Å². The first-order valence-corrected chi connectivity index (χ1v) is 9.47. The molecule has 0 saturated heterocycles. The molecule has 172 valence electrons. The maximum atomic E-state index is 10.8. The van der Waals surface area contributed by atoms with E-state index in [1.165, 1.54) is 0 Å². The number of hydrogen-bond acceptors (Lipinski definition) is 6. The van der Waals surface area contributed by atoms with Crippen molar-refractivity contribution >= 4 is 35.3 Å². The third-order valence-electron chi connectivity index (χ3n) is 3.38. The molecule has 1 unspecified atom stereocenters. The van der Waals surface area contributed by atoms with E-state index in [4.69, 9.17) is 33.0 Å². The van der Waals surface area contributed by atoms with E-state index in [1.54, 1.807) is 44.3 Å². The molecule has 0 aliphatic carbocycles. The van der Waals surface area contributed by atoms with Gasteiger partial charge in [0.2, 0.25) is 0 Å². The van der Waals surface area contributed by atoms with Gasteiger partial charge in [-0.2, -0.15) is 6.67 Å². The third-order valence-corrected chi connectivity index (χ3v) is 4.32. The molecule has 11 heteroatoms. The van der Waals surface area contributed by atoms with Crippen molar-refractivity contribution in [3.8, 4) is 0 Å². The van der Waals surface area contributed by atoms with Gasteiger partial charge >= 0.3 is 34.4 Å². The first kappa shape index (κ1) is 28.6. The van der Waals surface area contributed by atoms with Gasteiger partial charge in [0.05, 0.1) is 6.10 Å². The summed E-state index contributed by atoms with van der Waals surface area (Å²) in [5.41, 5.74) is 0.263. The zero-order valence-corrected chi connectivity index (χ0v) is 20.7. The number of halogens is 2. The number of carbonyl (C=O) groups excluding carboxylic acids is 1. The number of aliphatic hydroxyl groups is 1. The van der Waals surface area contributed by atoms with Crippen molar-refractivity contribution in [2.24, 2.45) is 0 Å². The molecule has 30 heavy (non-hydrogen) atoms. The van der Waals surface area contributed by atoms with E-state index < -0.39 is 30.3 Å². The minimum Gasteiger partial charge on any atom is -0.494 e. The normalized spacial score (nSPS) is 14.4. The molecule has 0 aromatic heterocycles. The van der Waals surface area contributed by atoms with Crippen molar-refractivity contribution in [2.45, 2.75) is 32.5 Å². The number of alkyl carbamates (subject to hydrolysis) is 1. The fourth-order valence-electron chi connectivity index (χ4n) is 2.13. The van der Waals surface area contributed by atoms with Crippen molar-refractivity contribution in [3.63, 3.8) is 0 Å². The molecule has 0 radical (unpaired) electrons. The molecule has 1 heterocycles. The van der Waals surface area contributed by atoms with Crippen LogP contribution in [0.1, 0.15) is 32.4 Å². The van der Waals surface area contributed by atoms with Crippen molar-refractivity contribution in [1.82, 2.24) is 15.1 Å². The number of ether oxygens (including phenoxy) is 1. The van der Waals surface area contributed by atoms with Crippen LogP contribution in [0.15, 0.2) is 40.6 Å². The topological polar surface area (TPSA) is 102 Å². The van der Waals surface area contributed by atoms with Crippen LogP contribution in [0.3, 0.4) is 0 Å². The summed E-state index contributed by atoms with van der Waals surface area (Å²) >= 11 is 12.0. The van der Waals surface area contributed by atoms with Crippen LogP contribution in [0.25, 0.3) is 0 Å². The summed E-state index contributed by atoms with van der Waals surface area (Å²) < 4.78 is 4.77. The molecule has 2 rings (SSSR count). The summed E-state index contributed by atoms with van der Waals surface area (Å²) in [5.74, 6) is -1.10. The van der Waals surface area contributed by atoms with E-state index in [2.05, 4.69) is 5.32 Å². The molecule has 1 amide bonds. The second-order valence-corrected chi connectivity index (χ2v) is 7.85. The minimum absolute atomic E-state index is 0. The fraction of sp³-hybridized carbons (Fsp3) is 0.421. The summed E-state index contributed by atoms with van der Waals surface area (Å²) in [6, 6.07) is 9.45. The average Bonchev–Trinajstić information content (AvgIpc) is 2.87. The summed E-state index contributed by atoms with van der Waals surface area (Å²) in [6.07, 6.45) is -1.32. The minimum atomic E-state index is -1.10. The number of carbonyl (C=O) groups is 2. The Morgan fingerprint density at radius 1 is 1.20 bits per heavy atom. The third kappa shape index (κ3) is 10.6. The molecule has 1 aromatic carbocycles. The fourth-order valence-corrected chi connectivity index (χ4v) is 2.53. The molecule has 1 aliphatic heterocycles. The van der Waals surface area contributed by atoms with Crippen LogP contribution >= 0.6 is 23.2 Å². The SMILES string of the molecule is CC(C)(C)OC(=O)NCC(=O)O.CN1[CH-]N(CC(O)c2ccccc2)C(Cl)=C1Cl.[Au+]. The van der Waals surface area contributed by atoms with Gasteiger partial charge in [-0.15, -0.1) is 0 Å². The first-order chi connectivity index (χ1) is 13.4. The van der Waals surface area contributed by atoms with Crippen LogP contribution in [-0.4, -0.2) is 57.8 Å². The number of nitrogens with zero attached hydrogens (tertiary/aromatic N) is 2. The Bertz CT molecular complexity index is 729. The number of benzene rings is 1. The number of β-amino-alcohol motifs (C(OH)–C–C–N with tert-alkyl or cyclic N) is 1. The van der Waals surface area contributed by atoms with E-state index in [1.807, 2.05) is 30.3 Å². The van der Waals surface area contributed by atoms with E-state index >= 15 is 0 Å². The van der Waals surface area contributed by atoms with Crippen LogP contribution in [0, 0.1) is 6.67 Å². The summed E-state index contributed by atoms with van der Waals surface area (Å²) in [5, 5.41) is 21.2. The Morgan fingerprint density at radius 3 is 2.20 bits per heavy atom. The standard InChI is InChI=1S/C12H13Cl2N2O.C7H13NO4.Au/c1-15-8-16(12(14)11(15)13)7-10(17)9-5-3-2-4-6-9;1-7(2,3)12-6(11)8-4-5(9)10;/h2-6,8,10,17H,7H2,1H3;4H2,1-3H3,(H,8,11)(H,9,10);/q-1;;+1. The summed E-state index contributed by atoms with van der Waals surface area (Å²) in [4.78, 5) is 24.2. The second kappa shape index (κ2) is 13.1. The van der Waals surface area contributed by atoms with E-state index in [9.17, 15) is 14.7 Å². The largest absolute Gasteiger partial charge is 1.00 e. The van der Waals surface area contributed by atoms with Gasteiger partial charge in [0.25, 0.3) is 0 Å². The average molecular weight is 644 g/mol. The zero-order chi connectivity index (χ0) is 22.2. The molecule has 8 nitrogen and oxygen atoms in total. The maximum Gasteiger partial charge on any atom is 1.00 e. The van der Waals surface area contributed by atoms with E-state index in [-0.39, 0.29) is 22.4 Å². The van der Waals surface area contributed by atoms with Gasteiger partial charge in [0, 0.05) is 6.54 Å². The van der Waals surface area contributed by atoms with Crippen molar-refractivity contribution in [2.75, 3.05) is 20.1 Å². The van der Waals surface area contributed by atoms with Crippen LogP contribution in [-0.2, 0) is 31.9 Å². The summed E-state index contributed by atoms with van der Waals surface area (Å²) in [7, 11) is 1.81. The second-order valence-electron chi connectivity index (χ2n) is 7.14. The number of hydrogen-bond donors (Lipinski definition) is 3. The van der Waals surface area contributed by atoms with Gasteiger partial charge < -0.3 is 30.1 Å². The number of carboxylic acid groups (broad SMARTS) is 1. The monoisotopic (exact) mass is 643 g/mol. The summed E-state index contributed by atoms with van der Waals surface area (Å²) in [6.45, 7) is 6.82. The molecule has 0 saturated carbocycles. The van der Waals surface area contributed by atoms with E-state index in [0.717, 1.165) is 5.56 Å². The van der Waals surface area contributed by atoms with Crippen LogP contribution in [0.4, 0.5) is 4.79 Å². The van der Waals surface area contributed by atoms with Gasteiger partial charge in [0.15, 0.2) is 0 Å². The van der Waals surface area contributed by atoms with Crippen molar-refractivity contribution in [1.29, 1.82) is 0 Å². The van der Waals surface area contributed by atoms with Crippen LogP contribution < -0.4 is 5.32 Å². The molecule has 0 bridgehead atoms. The molecule has 1 aromatic rings. The van der Waals surface area contributed by atoms with Gasteiger partial charge in [0.1, 0.15) is 22.5 Å². The molecule has 1 aliphatic rings. The van der Waals surface area contributed by atoms with E-state index in [0.29, 0.717) is 16.9 Å². The Morgan fingerprint density at radius 2 is 1.77 bits per heavy atom. The predicted molar refractivity (Wildman–Crippen MR) is 111 cm³/mol. The Balaban J connectivity index is 0.000000579. The Kier molecular flexibility index (Phi) is 12.5. The molecule has 1 atom stereocenters. The molecule has 0 spiro atoms. The smallest absolute Gasteiger partial charge is 0.494 e. The molecule has 3 N–H and O–H groups in total. The zero-order valence-electron chi connectivity index (χ0n) is 17.0. The number of amides is 1. The van der Waals surface area contributed by atoms with Gasteiger partial charge in [-0.1, -0.05) is 53.5 Å². The first-order valence-electron chi connectivity index (χ1n) is 8.72. The number of carboxylic acids is 1.